The largest absolute Gasteiger partial charge is 0.490 e. The van der Waals surface area contributed by atoms with Crippen LogP contribution in [-0.4, -0.2) is 11.7 Å². The van der Waals surface area contributed by atoms with E-state index in [-0.39, 0.29) is 5.37 Å². The lowest BCUT2D eigenvalue weighted by Crippen LogP contribution is -2.08. The maximum atomic E-state index is 6.23. The maximum Gasteiger partial charge on any atom is 0.161 e. The minimum absolute atomic E-state index is 0.0297. The van der Waals surface area contributed by atoms with Crippen molar-refractivity contribution in [1.82, 2.24) is 5.43 Å². The van der Waals surface area contributed by atoms with Gasteiger partial charge in [-0.2, -0.15) is 5.10 Å². The van der Waals surface area contributed by atoms with Gasteiger partial charge in [0.25, 0.3) is 0 Å². The number of halogens is 1. The van der Waals surface area contributed by atoms with Crippen LogP contribution in [0.3, 0.4) is 0 Å². The summed E-state index contributed by atoms with van der Waals surface area (Å²) in [4.78, 5) is 0. The average Bonchev–Trinajstić information content (AvgIpc) is 3.25. The van der Waals surface area contributed by atoms with E-state index in [0.717, 1.165) is 21.7 Å². The third-order valence-electron chi connectivity index (χ3n) is 4.44. The van der Waals surface area contributed by atoms with Crippen molar-refractivity contribution >= 4 is 28.4 Å². The lowest BCUT2D eigenvalue weighted by Gasteiger charge is -2.16. The summed E-state index contributed by atoms with van der Waals surface area (Å²) in [6.07, 6.45) is 0. The highest BCUT2D eigenvalue weighted by molar-refractivity contribution is 8.14. The van der Waals surface area contributed by atoms with Gasteiger partial charge in [-0.05, 0) is 30.7 Å². The molecule has 0 fully saturated rings. The smallest absolute Gasteiger partial charge is 0.161 e. The zero-order valence-electron chi connectivity index (χ0n) is 16.0. The molecular formula is C23H21ClN2O2S. The van der Waals surface area contributed by atoms with Crippen molar-refractivity contribution in [3.63, 3.8) is 0 Å². The number of benzene rings is 3. The number of hydrazone groups is 1. The van der Waals surface area contributed by atoms with Crippen LogP contribution >= 0.6 is 23.4 Å². The summed E-state index contributed by atoms with van der Waals surface area (Å²) in [6, 6.07) is 23.8. The van der Waals surface area contributed by atoms with Crippen molar-refractivity contribution in [3.8, 4) is 11.5 Å². The fourth-order valence-corrected chi connectivity index (χ4v) is 4.16. The topological polar surface area (TPSA) is 42.8 Å². The Kier molecular flexibility index (Phi) is 6.27. The number of thioether (sulfide) groups is 1. The SMILES string of the molecule is CCOc1cc([C@@H]2NN=C(c3ccccc3)S2)ccc1OCc1ccccc1Cl. The number of ether oxygens (including phenoxy) is 2. The van der Waals surface area contributed by atoms with Gasteiger partial charge in [0.2, 0.25) is 0 Å². The normalized spacial score (nSPS) is 15.5. The lowest BCUT2D eigenvalue weighted by molar-refractivity contribution is 0.269. The molecule has 148 valence electrons. The van der Waals surface area contributed by atoms with E-state index in [1.807, 2.05) is 67.6 Å². The van der Waals surface area contributed by atoms with Gasteiger partial charge >= 0.3 is 0 Å². The van der Waals surface area contributed by atoms with Crippen LogP contribution in [0.15, 0.2) is 77.9 Å². The van der Waals surface area contributed by atoms with Crippen molar-refractivity contribution < 1.29 is 9.47 Å². The van der Waals surface area contributed by atoms with E-state index >= 15 is 0 Å². The van der Waals surface area contributed by atoms with Gasteiger partial charge in [0.15, 0.2) is 11.5 Å². The highest BCUT2D eigenvalue weighted by atomic mass is 35.5. The minimum Gasteiger partial charge on any atom is -0.490 e. The fourth-order valence-electron chi connectivity index (χ4n) is 2.98. The van der Waals surface area contributed by atoms with Gasteiger partial charge in [-0.15, -0.1) is 0 Å². The Labute approximate surface area is 179 Å². The molecule has 0 saturated heterocycles. The van der Waals surface area contributed by atoms with E-state index in [1.54, 1.807) is 11.8 Å². The molecule has 3 aromatic carbocycles. The molecule has 1 aliphatic rings. The van der Waals surface area contributed by atoms with Crippen LogP contribution in [-0.2, 0) is 6.61 Å². The zero-order chi connectivity index (χ0) is 20.1. The van der Waals surface area contributed by atoms with Crippen molar-refractivity contribution in [2.45, 2.75) is 18.9 Å². The van der Waals surface area contributed by atoms with Crippen LogP contribution in [0.4, 0.5) is 0 Å². The van der Waals surface area contributed by atoms with Gasteiger partial charge in [-0.1, -0.05) is 78.0 Å². The van der Waals surface area contributed by atoms with Crippen molar-refractivity contribution in [2.24, 2.45) is 5.10 Å². The minimum atomic E-state index is 0.0297. The van der Waals surface area contributed by atoms with Crippen molar-refractivity contribution in [2.75, 3.05) is 6.61 Å². The van der Waals surface area contributed by atoms with Gasteiger partial charge in [-0.3, -0.25) is 5.43 Å². The van der Waals surface area contributed by atoms with Crippen LogP contribution in [0, 0.1) is 0 Å². The summed E-state index contributed by atoms with van der Waals surface area (Å²) < 4.78 is 11.8. The Morgan fingerprint density at radius 1 is 0.966 bits per heavy atom. The molecule has 1 heterocycles. The maximum absolute atomic E-state index is 6.23. The first-order chi connectivity index (χ1) is 14.2. The Morgan fingerprint density at radius 3 is 2.55 bits per heavy atom. The summed E-state index contributed by atoms with van der Waals surface area (Å²) in [5, 5.41) is 6.19. The molecule has 6 heteroatoms. The Hall–Kier alpha value is -2.63. The highest BCUT2D eigenvalue weighted by Crippen LogP contribution is 2.38. The zero-order valence-corrected chi connectivity index (χ0v) is 17.5. The summed E-state index contributed by atoms with van der Waals surface area (Å²) in [5.41, 5.74) is 6.34. The molecular weight excluding hydrogens is 404 g/mol. The molecule has 0 bridgehead atoms. The van der Waals surface area contributed by atoms with Gasteiger partial charge < -0.3 is 9.47 Å². The molecule has 0 spiro atoms. The van der Waals surface area contributed by atoms with Gasteiger partial charge in [0.1, 0.15) is 17.0 Å². The monoisotopic (exact) mass is 424 g/mol. The van der Waals surface area contributed by atoms with Gasteiger partial charge in [0.05, 0.1) is 6.61 Å². The first kappa shape index (κ1) is 19.7. The highest BCUT2D eigenvalue weighted by Gasteiger charge is 2.23. The molecule has 29 heavy (non-hydrogen) atoms. The van der Waals surface area contributed by atoms with E-state index in [4.69, 9.17) is 21.1 Å². The van der Waals surface area contributed by atoms with Crippen LogP contribution in [0.25, 0.3) is 0 Å². The molecule has 1 atom stereocenters. The third kappa shape index (κ3) is 4.69. The van der Waals surface area contributed by atoms with Crippen LogP contribution in [0.2, 0.25) is 5.02 Å². The van der Waals surface area contributed by atoms with Crippen LogP contribution in [0.5, 0.6) is 11.5 Å². The summed E-state index contributed by atoms with van der Waals surface area (Å²) >= 11 is 7.92. The second-order valence-corrected chi connectivity index (χ2v) is 7.93. The van der Waals surface area contributed by atoms with Crippen LogP contribution < -0.4 is 14.9 Å². The molecule has 3 aromatic rings. The number of hydrogen-bond donors (Lipinski definition) is 1. The number of hydrogen-bond acceptors (Lipinski definition) is 5. The van der Waals surface area contributed by atoms with E-state index in [1.165, 1.54) is 0 Å². The molecule has 1 N–H and O–H groups in total. The van der Waals surface area contributed by atoms with E-state index < -0.39 is 0 Å². The molecule has 0 aliphatic carbocycles. The molecule has 0 saturated carbocycles. The van der Waals surface area contributed by atoms with Crippen molar-refractivity contribution in [1.29, 1.82) is 0 Å². The summed E-state index contributed by atoms with van der Waals surface area (Å²) in [6.45, 7) is 2.91. The standard InChI is InChI=1S/C23H21ClN2O2S/c1-2-27-21-14-17(23-26-25-22(29-23)16-8-4-3-5-9-16)12-13-20(21)28-15-18-10-6-7-11-19(18)24/h3-14,23,26H,2,15H2,1H3/t23-/m1/s1. The van der Waals surface area contributed by atoms with Crippen molar-refractivity contribution in [3.05, 3.63) is 94.5 Å². The van der Waals surface area contributed by atoms with E-state index in [9.17, 15) is 0 Å². The first-order valence-corrected chi connectivity index (χ1v) is 10.7. The fraction of sp³-hybridized carbons (Fsp3) is 0.174. The summed E-state index contributed by atoms with van der Waals surface area (Å²) in [7, 11) is 0. The van der Waals surface area contributed by atoms with E-state index in [2.05, 4.69) is 22.7 Å². The average molecular weight is 425 g/mol. The molecule has 0 aromatic heterocycles. The first-order valence-electron chi connectivity index (χ1n) is 9.43. The number of nitrogens with one attached hydrogen (secondary N) is 1. The second kappa shape index (κ2) is 9.25. The molecule has 0 amide bonds. The molecule has 4 rings (SSSR count). The molecule has 4 nitrogen and oxygen atoms in total. The Balaban J connectivity index is 1.48. The Bertz CT molecular complexity index is 1010. The molecule has 0 unspecified atom stereocenters. The predicted octanol–water partition coefficient (Wildman–Crippen LogP) is 6.01. The number of nitrogens with zero attached hydrogens (tertiary/aromatic N) is 1. The molecule has 0 radical (unpaired) electrons. The summed E-state index contributed by atoms with van der Waals surface area (Å²) in [5.74, 6) is 1.41. The molecule has 1 aliphatic heterocycles. The lowest BCUT2D eigenvalue weighted by atomic mass is 10.2. The number of rotatable bonds is 7. The van der Waals surface area contributed by atoms with E-state index in [0.29, 0.717) is 29.7 Å². The van der Waals surface area contributed by atoms with Gasteiger partial charge in [0, 0.05) is 16.1 Å². The Morgan fingerprint density at radius 2 is 1.76 bits per heavy atom. The third-order valence-corrected chi connectivity index (χ3v) is 5.98. The second-order valence-electron chi connectivity index (χ2n) is 6.43. The van der Waals surface area contributed by atoms with Gasteiger partial charge in [-0.25, -0.2) is 0 Å². The van der Waals surface area contributed by atoms with Crippen LogP contribution in [0.1, 0.15) is 29.0 Å². The quantitative estimate of drug-likeness (QED) is 0.504. The predicted molar refractivity (Wildman–Crippen MR) is 120 cm³/mol.